The van der Waals surface area contributed by atoms with Gasteiger partial charge in [-0.3, -0.25) is 9.48 Å². The first-order valence-electron chi connectivity index (χ1n) is 9.78. The zero-order chi connectivity index (χ0) is 19.2. The maximum atomic E-state index is 11.9. The number of aromatic nitrogens is 4. The van der Waals surface area contributed by atoms with E-state index in [0.29, 0.717) is 11.7 Å². The van der Waals surface area contributed by atoms with E-state index < -0.39 is 5.91 Å². The summed E-state index contributed by atoms with van der Waals surface area (Å²) < 4.78 is 3.85. The van der Waals surface area contributed by atoms with Crippen molar-refractivity contribution < 1.29 is 9.59 Å². The van der Waals surface area contributed by atoms with E-state index >= 15 is 0 Å². The summed E-state index contributed by atoms with van der Waals surface area (Å²) in [6.45, 7) is 4.48. The van der Waals surface area contributed by atoms with Crippen molar-refractivity contribution in [3.63, 3.8) is 0 Å². The van der Waals surface area contributed by atoms with Crippen LogP contribution in [0.1, 0.15) is 73.7 Å². The van der Waals surface area contributed by atoms with E-state index in [1.165, 1.54) is 0 Å². The molecule has 2 aromatic rings. The lowest BCUT2D eigenvalue weighted by Gasteiger charge is -2.30. The van der Waals surface area contributed by atoms with Crippen molar-refractivity contribution in [1.29, 1.82) is 0 Å². The lowest BCUT2D eigenvalue weighted by Crippen LogP contribution is -2.24. The van der Waals surface area contributed by atoms with Crippen molar-refractivity contribution in [2.75, 3.05) is 0 Å². The molecule has 4 rings (SSSR count). The number of carbonyl (C=O) groups is 2. The molecule has 0 spiro atoms. The van der Waals surface area contributed by atoms with Crippen LogP contribution in [0.15, 0.2) is 12.4 Å². The smallest absolute Gasteiger partial charge is 0.269 e. The van der Waals surface area contributed by atoms with Crippen molar-refractivity contribution in [2.45, 2.75) is 64.8 Å². The molecule has 1 fully saturated rings. The third kappa shape index (κ3) is 3.31. The predicted octanol–water partition coefficient (Wildman–Crippen LogP) is 2.61. The van der Waals surface area contributed by atoms with E-state index in [-0.39, 0.29) is 11.3 Å². The van der Waals surface area contributed by atoms with Crippen LogP contribution in [-0.4, -0.2) is 31.8 Å². The normalized spacial score (nSPS) is 24.4. The quantitative estimate of drug-likeness (QED) is 0.838. The van der Waals surface area contributed by atoms with Crippen molar-refractivity contribution in [3.05, 3.63) is 29.3 Å². The molecule has 1 saturated carbocycles. The summed E-state index contributed by atoms with van der Waals surface area (Å²) in [7, 11) is 0. The second-order valence-electron chi connectivity index (χ2n) is 8.77. The monoisotopic (exact) mass is 369 g/mol. The summed E-state index contributed by atoms with van der Waals surface area (Å²) in [5.41, 5.74) is 9.07. The Bertz CT molecular complexity index is 871. The zero-order valence-corrected chi connectivity index (χ0v) is 16.0. The van der Waals surface area contributed by atoms with Crippen molar-refractivity contribution >= 4 is 12.2 Å². The second kappa shape index (κ2) is 6.62. The van der Waals surface area contributed by atoms with Gasteiger partial charge in [-0.25, -0.2) is 4.68 Å². The average molecular weight is 369 g/mol. The molecule has 2 heterocycles. The third-order valence-corrected chi connectivity index (χ3v) is 6.16. The number of hydrogen-bond acceptors (Lipinski definition) is 4. The molecular weight excluding hydrogens is 342 g/mol. The lowest BCUT2D eigenvalue weighted by atomic mass is 9.76. The molecule has 2 N–H and O–H groups in total. The van der Waals surface area contributed by atoms with Gasteiger partial charge in [0.15, 0.2) is 5.69 Å². The number of amides is 1. The molecule has 0 aromatic carbocycles. The fraction of sp³-hybridized carbons (Fsp3) is 0.600. The van der Waals surface area contributed by atoms with E-state index in [1.807, 2.05) is 21.8 Å². The molecule has 0 unspecified atom stereocenters. The molecule has 2 aliphatic rings. The van der Waals surface area contributed by atoms with Gasteiger partial charge < -0.3 is 10.5 Å². The van der Waals surface area contributed by atoms with Gasteiger partial charge in [0.05, 0.1) is 18.4 Å². The Labute approximate surface area is 158 Å². The number of rotatable bonds is 4. The number of fused-ring (bicyclic) bond motifs is 1. The summed E-state index contributed by atoms with van der Waals surface area (Å²) in [6.07, 6.45) is 11.3. The molecule has 0 saturated heterocycles. The maximum Gasteiger partial charge on any atom is 0.269 e. The number of hydrogen-bond donors (Lipinski definition) is 1. The van der Waals surface area contributed by atoms with Gasteiger partial charge in [0.2, 0.25) is 0 Å². The summed E-state index contributed by atoms with van der Waals surface area (Å²) in [5.74, 6) is -0.279. The van der Waals surface area contributed by atoms with Gasteiger partial charge in [-0.05, 0) is 50.4 Å². The van der Waals surface area contributed by atoms with Gasteiger partial charge in [-0.1, -0.05) is 13.8 Å². The SMILES string of the molecule is CC1(C)CCc2c(C(N)=O)nn(-c3cnn(C4CCC(C=O)CC4)c3)c2C1. The number of aldehydes is 1. The molecule has 7 heteroatoms. The minimum Gasteiger partial charge on any atom is -0.364 e. The Balaban J connectivity index is 1.66. The standard InChI is InChI=1S/C20H27N5O2/c1-20(2)8-7-16-17(9-20)25(23-18(16)19(21)27)15-10-22-24(11-15)14-5-3-13(12-26)4-6-14/h10-14H,3-9H2,1-2H3,(H2,21,27). The van der Waals surface area contributed by atoms with E-state index in [9.17, 15) is 9.59 Å². The Kier molecular flexibility index (Phi) is 4.40. The van der Waals surface area contributed by atoms with Crippen LogP contribution < -0.4 is 5.73 Å². The van der Waals surface area contributed by atoms with Crippen molar-refractivity contribution in [2.24, 2.45) is 17.1 Å². The first kappa shape index (κ1) is 17.9. The number of nitrogens with zero attached hydrogens (tertiary/aromatic N) is 4. The second-order valence-corrected chi connectivity index (χ2v) is 8.77. The average Bonchev–Trinajstić information content (AvgIpc) is 3.25. The van der Waals surface area contributed by atoms with Gasteiger partial charge in [-0.2, -0.15) is 10.2 Å². The highest BCUT2D eigenvalue weighted by Gasteiger charge is 2.33. The van der Waals surface area contributed by atoms with E-state index in [1.54, 1.807) is 0 Å². The van der Waals surface area contributed by atoms with Gasteiger partial charge in [0.1, 0.15) is 12.0 Å². The Morgan fingerprint density at radius 3 is 2.70 bits per heavy atom. The molecule has 2 aromatic heterocycles. The molecule has 1 amide bonds. The van der Waals surface area contributed by atoms with Crippen LogP contribution in [0.2, 0.25) is 0 Å². The molecule has 2 aliphatic carbocycles. The fourth-order valence-corrected chi connectivity index (χ4v) is 4.49. The molecule has 0 atom stereocenters. The Hall–Kier alpha value is -2.44. The Morgan fingerprint density at radius 1 is 1.30 bits per heavy atom. The molecular formula is C20H27N5O2. The minimum absolute atomic E-state index is 0.170. The van der Waals surface area contributed by atoms with Crippen LogP contribution in [0.3, 0.4) is 0 Å². The summed E-state index contributed by atoms with van der Waals surface area (Å²) in [4.78, 5) is 22.9. The highest BCUT2D eigenvalue weighted by molar-refractivity contribution is 5.92. The van der Waals surface area contributed by atoms with Crippen LogP contribution >= 0.6 is 0 Å². The van der Waals surface area contributed by atoms with Crippen LogP contribution in [0.4, 0.5) is 0 Å². The summed E-state index contributed by atoms with van der Waals surface area (Å²) >= 11 is 0. The van der Waals surface area contributed by atoms with Crippen molar-refractivity contribution in [3.8, 4) is 5.69 Å². The van der Waals surface area contributed by atoms with Crippen molar-refractivity contribution in [1.82, 2.24) is 19.6 Å². The highest BCUT2D eigenvalue weighted by Crippen LogP contribution is 2.37. The zero-order valence-electron chi connectivity index (χ0n) is 16.0. The molecule has 7 nitrogen and oxygen atoms in total. The van der Waals surface area contributed by atoms with Gasteiger partial charge in [0, 0.05) is 17.2 Å². The third-order valence-electron chi connectivity index (χ3n) is 6.16. The molecule has 27 heavy (non-hydrogen) atoms. The topological polar surface area (TPSA) is 95.8 Å². The Morgan fingerprint density at radius 2 is 2.04 bits per heavy atom. The van der Waals surface area contributed by atoms with Gasteiger partial charge in [0.25, 0.3) is 5.91 Å². The van der Waals surface area contributed by atoms with Crippen LogP contribution in [0.5, 0.6) is 0 Å². The predicted molar refractivity (Wildman–Crippen MR) is 101 cm³/mol. The van der Waals surface area contributed by atoms with E-state index in [4.69, 9.17) is 5.73 Å². The van der Waals surface area contributed by atoms with Crippen LogP contribution in [0.25, 0.3) is 5.69 Å². The molecule has 0 radical (unpaired) electrons. The fourth-order valence-electron chi connectivity index (χ4n) is 4.49. The van der Waals surface area contributed by atoms with Crippen LogP contribution in [-0.2, 0) is 17.6 Å². The first-order chi connectivity index (χ1) is 12.9. The van der Waals surface area contributed by atoms with Gasteiger partial charge >= 0.3 is 0 Å². The largest absolute Gasteiger partial charge is 0.364 e. The molecule has 0 bridgehead atoms. The van der Waals surface area contributed by atoms with E-state index in [2.05, 4.69) is 24.0 Å². The lowest BCUT2D eigenvalue weighted by molar-refractivity contribution is -0.112. The highest BCUT2D eigenvalue weighted by atomic mass is 16.1. The first-order valence-corrected chi connectivity index (χ1v) is 9.78. The summed E-state index contributed by atoms with van der Waals surface area (Å²) in [6, 6.07) is 0.313. The number of nitrogens with two attached hydrogens (primary N) is 1. The van der Waals surface area contributed by atoms with Gasteiger partial charge in [-0.15, -0.1) is 0 Å². The maximum absolute atomic E-state index is 11.9. The molecule has 0 aliphatic heterocycles. The van der Waals surface area contributed by atoms with Crippen LogP contribution in [0, 0.1) is 11.3 Å². The minimum atomic E-state index is -0.468. The molecule has 144 valence electrons. The number of primary amides is 1. The summed E-state index contributed by atoms with van der Waals surface area (Å²) in [5, 5.41) is 9.11. The number of carbonyl (C=O) groups excluding carboxylic acids is 2. The van der Waals surface area contributed by atoms with E-state index in [0.717, 1.165) is 68.2 Å².